The Morgan fingerprint density at radius 2 is 1.31 bits per heavy atom. The average molecular weight is 538 g/mol. The summed E-state index contributed by atoms with van der Waals surface area (Å²) in [5.41, 5.74) is 1.27. The Hall–Kier alpha value is -2.32. The first-order valence-electron chi connectivity index (χ1n) is 10.2. The van der Waals surface area contributed by atoms with Crippen LogP contribution in [0.1, 0.15) is 52.7 Å². The van der Waals surface area contributed by atoms with Gasteiger partial charge in [0.15, 0.2) is 0 Å². The molecule has 0 bridgehead atoms. The minimum atomic E-state index is -2.90. The van der Waals surface area contributed by atoms with Crippen molar-refractivity contribution in [3.63, 3.8) is 0 Å². The topological polar surface area (TPSA) is 127 Å². The number of ether oxygens (including phenoxy) is 2. The first-order valence-corrected chi connectivity index (χ1v) is 12.4. The van der Waals surface area contributed by atoms with Crippen molar-refractivity contribution < 1.29 is 48.3 Å². The van der Waals surface area contributed by atoms with E-state index in [1.54, 1.807) is 0 Å². The van der Waals surface area contributed by atoms with Crippen LogP contribution in [0.25, 0.3) is 0 Å². The Bertz CT molecular complexity index is 845. The van der Waals surface area contributed by atoms with Crippen LogP contribution in [0.4, 0.5) is 0 Å². The summed E-state index contributed by atoms with van der Waals surface area (Å²) in [6.07, 6.45) is 0. The number of hydrogen-bond acceptors (Lipinski definition) is 8. The standard InChI is InChI=1S/C18H23N2O2.2C2H4O2.H2O.Rh/c1-11(2)15-9-21-17(19-15)13-6-5-7-14(8-13)18-20-16(10-22-18)12(3)4;2*1-2(3)4;;/h5-7,11-12,15-16H,9-10H2,1-4H3;2*1H3,(H,3,4);1H2;/q;;;;+2/p-2/t15-,16-;;;;/m1..../s1. The van der Waals surface area contributed by atoms with Crippen molar-refractivity contribution in [3.8, 4) is 0 Å². The molecule has 2 aliphatic rings. The van der Waals surface area contributed by atoms with Crippen LogP contribution in [0.2, 0.25) is 0 Å². The van der Waals surface area contributed by atoms with Crippen molar-refractivity contribution in [1.29, 1.82) is 0 Å². The molecule has 0 fully saturated rings. The van der Waals surface area contributed by atoms with Crippen molar-refractivity contribution in [2.24, 2.45) is 21.8 Å². The van der Waals surface area contributed by atoms with Crippen LogP contribution in [0, 0.1) is 11.8 Å². The molecule has 1 aromatic carbocycles. The predicted molar refractivity (Wildman–Crippen MR) is 115 cm³/mol. The number of aliphatic imine (C=N–C) groups is 2. The quantitative estimate of drug-likeness (QED) is 0.486. The molecule has 2 atom stereocenters. The van der Waals surface area contributed by atoms with Crippen molar-refractivity contribution in [3.05, 3.63) is 29.3 Å². The summed E-state index contributed by atoms with van der Waals surface area (Å²) >= 11 is -2.90. The molecule has 0 saturated heterocycles. The summed E-state index contributed by atoms with van der Waals surface area (Å²) in [7, 11) is 0. The molecule has 10 heteroatoms. The van der Waals surface area contributed by atoms with Gasteiger partial charge in [-0.15, -0.1) is 0 Å². The van der Waals surface area contributed by atoms with E-state index in [4.69, 9.17) is 26.6 Å². The third-order valence-corrected chi connectivity index (χ3v) is 7.88. The van der Waals surface area contributed by atoms with Gasteiger partial charge in [0.2, 0.25) is 0 Å². The molecular formula is C22H31N2O7Rh. The number of nitrogens with zero attached hydrogens (tertiary/aromatic N) is 2. The molecule has 0 saturated carbocycles. The molecule has 0 unspecified atom stereocenters. The van der Waals surface area contributed by atoms with Crippen LogP contribution in [0.3, 0.4) is 0 Å². The molecule has 2 heterocycles. The van der Waals surface area contributed by atoms with Crippen molar-refractivity contribution in [1.82, 2.24) is 0 Å². The molecule has 2 aliphatic heterocycles. The predicted octanol–water partition coefficient (Wildman–Crippen LogP) is 1.66. The van der Waals surface area contributed by atoms with E-state index in [9.17, 15) is 9.59 Å². The van der Waals surface area contributed by atoms with Gasteiger partial charge in [-0.1, -0.05) is 0 Å². The smallest absolute Gasteiger partial charge is 0.412 e. The third kappa shape index (κ3) is 5.92. The van der Waals surface area contributed by atoms with E-state index in [0.29, 0.717) is 52.1 Å². The van der Waals surface area contributed by atoms with Crippen molar-refractivity contribution in [2.75, 3.05) is 13.2 Å². The number of rotatable bonds is 7. The fraction of sp³-hybridized carbons (Fsp3) is 0.545. The Morgan fingerprint density at radius 3 is 1.62 bits per heavy atom. The second-order valence-corrected chi connectivity index (χ2v) is 10.5. The molecule has 0 aliphatic carbocycles. The zero-order chi connectivity index (χ0) is 22.7. The van der Waals surface area contributed by atoms with Gasteiger partial charge in [0, 0.05) is 0 Å². The van der Waals surface area contributed by atoms with Gasteiger partial charge in [0.1, 0.15) is 0 Å². The van der Waals surface area contributed by atoms with Crippen LogP contribution in [0.15, 0.2) is 28.2 Å². The normalized spacial score (nSPS) is 20.1. The molecule has 9 nitrogen and oxygen atoms in total. The zero-order valence-electron chi connectivity index (χ0n) is 19.1. The van der Waals surface area contributed by atoms with Gasteiger partial charge < -0.3 is 5.48 Å². The molecule has 3 rings (SSSR count). The monoisotopic (exact) mass is 538 g/mol. The van der Waals surface area contributed by atoms with E-state index in [2.05, 4.69) is 27.7 Å². The minimum Gasteiger partial charge on any atom is -0.412 e. The second-order valence-electron chi connectivity index (χ2n) is 8.07. The molecule has 0 amide bonds. The molecule has 2 N–H and O–H groups in total. The van der Waals surface area contributed by atoms with Crippen LogP contribution in [0.5, 0.6) is 0 Å². The molecule has 0 aromatic heterocycles. The molecule has 32 heavy (non-hydrogen) atoms. The molecule has 0 spiro atoms. The first kappa shape index (κ1) is 25.9. The number of carbonyl (C=O) groups excluding carboxylic acids is 2. The van der Waals surface area contributed by atoms with E-state index < -0.39 is 28.6 Å². The Labute approximate surface area is 194 Å². The van der Waals surface area contributed by atoms with Gasteiger partial charge in [-0.05, 0) is 0 Å². The molecule has 0 radical (unpaired) electrons. The van der Waals surface area contributed by atoms with Gasteiger partial charge in [0.25, 0.3) is 0 Å². The summed E-state index contributed by atoms with van der Waals surface area (Å²) in [5, 5.41) is 0. The SMILES string of the molecule is CC(=O)[O][Rh]([O]C(C)=O)[c]1c(C2=N[C@@H](C(C)C)CO2)cccc1C1=N[C@@H](C(C)C)CO1.O. The molecular weight excluding hydrogens is 507 g/mol. The summed E-state index contributed by atoms with van der Waals surface area (Å²) in [6, 6.07) is 5.57. The Balaban J connectivity index is 0.00000363. The first-order chi connectivity index (χ1) is 14.7. The van der Waals surface area contributed by atoms with E-state index in [1.807, 2.05) is 18.2 Å². The third-order valence-electron chi connectivity index (χ3n) is 4.77. The average Bonchev–Trinajstić information content (AvgIpc) is 3.36. The second kappa shape index (κ2) is 11.0. The van der Waals surface area contributed by atoms with E-state index in [-0.39, 0.29) is 17.6 Å². The number of hydrogen-bond donors (Lipinski definition) is 0. The summed E-state index contributed by atoms with van der Waals surface area (Å²) in [5.74, 6) is 0.462. The summed E-state index contributed by atoms with van der Waals surface area (Å²) in [4.78, 5) is 33.2. The van der Waals surface area contributed by atoms with Crippen LogP contribution in [-0.2, 0) is 42.9 Å². The van der Waals surface area contributed by atoms with Gasteiger partial charge >= 0.3 is 189 Å². The van der Waals surface area contributed by atoms with Gasteiger partial charge in [-0.25, -0.2) is 0 Å². The van der Waals surface area contributed by atoms with Crippen LogP contribution < -0.4 is 4.16 Å². The van der Waals surface area contributed by atoms with Gasteiger partial charge in [-0.3, -0.25) is 0 Å². The Kier molecular flexibility index (Phi) is 8.92. The van der Waals surface area contributed by atoms with E-state index in [0.717, 1.165) is 0 Å². The van der Waals surface area contributed by atoms with Gasteiger partial charge in [0.05, 0.1) is 0 Å². The number of carbonyl (C=O) groups is 2. The summed E-state index contributed by atoms with van der Waals surface area (Å²) in [6.45, 7) is 11.9. The van der Waals surface area contributed by atoms with Crippen molar-refractivity contribution in [2.45, 2.75) is 53.6 Å². The van der Waals surface area contributed by atoms with Crippen LogP contribution in [-0.4, -0.2) is 54.5 Å². The van der Waals surface area contributed by atoms with E-state index >= 15 is 0 Å². The minimum absolute atomic E-state index is 0. The maximum atomic E-state index is 11.9. The van der Waals surface area contributed by atoms with Crippen molar-refractivity contribution >= 4 is 27.9 Å². The van der Waals surface area contributed by atoms with Gasteiger partial charge in [-0.2, -0.15) is 0 Å². The maximum Gasteiger partial charge on any atom is -0.412 e. The largest absolute Gasteiger partial charge is 0.412 e. The zero-order valence-corrected chi connectivity index (χ0v) is 20.8. The van der Waals surface area contributed by atoms with Crippen LogP contribution >= 0.6 is 0 Å². The fourth-order valence-corrected chi connectivity index (χ4v) is 5.61. The summed E-state index contributed by atoms with van der Waals surface area (Å²) < 4.78 is 23.4. The maximum absolute atomic E-state index is 11.9. The number of benzene rings is 1. The molecule has 1 aromatic rings. The van der Waals surface area contributed by atoms with E-state index in [1.165, 1.54) is 13.8 Å². The fourth-order valence-electron chi connectivity index (χ4n) is 3.00. The Morgan fingerprint density at radius 1 is 0.906 bits per heavy atom. The molecule has 180 valence electrons.